The molecule has 1 heterocycles. The summed E-state index contributed by atoms with van der Waals surface area (Å²) in [7, 11) is 0. The minimum absolute atomic E-state index is 0.0533. The van der Waals surface area contributed by atoms with Gasteiger partial charge >= 0.3 is 0 Å². The van der Waals surface area contributed by atoms with E-state index < -0.39 is 145 Å². The summed E-state index contributed by atoms with van der Waals surface area (Å²) in [6.45, 7) is 5.08. The average molecular weight is 992 g/mol. The highest BCUT2D eigenvalue weighted by Crippen LogP contribution is 2.11. The van der Waals surface area contributed by atoms with Crippen LogP contribution in [0, 0.1) is 5.92 Å². The Balaban J connectivity index is 2.73. The van der Waals surface area contributed by atoms with Gasteiger partial charge < -0.3 is 85.7 Å². The first-order valence-electron chi connectivity index (χ1n) is 23.2. The van der Waals surface area contributed by atoms with Crippen LogP contribution in [-0.4, -0.2) is 174 Å². The summed E-state index contributed by atoms with van der Waals surface area (Å²) in [5, 5.41) is 55.4. The third-order valence-electron chi connectivity index (χ3n) is 10.9. The second-order valence-electron chi connectivity index (χ2n) is 17.4. The zero-order chi connectivity index (χ0) is 52.7. The SMILES string of the molecule is CC(=O)N[C@H](C(=O)N[C@H](CO)C(=O)N[C@H]1CCNC(=O)[C@H]([C@@H](C)O)NC(=O)C(CCN)NC(=O)[C@H](CCN)NC(=O)C(CC(C)C)NC(=O)C(Cc2ccccc2)NC(=O)C(CCN)NC1=O)[C@@H](C)O. The lowest BCUT2D eigenvalue weighted by Crippen LogP contribution is -2.61. The Morgan fingerprint density at radius 3 is 1.59 bits per heavy atom. The molecule has 0 saturated carbocycles. The van der Waals surface area contributed by atoms with E-state index in [1.54, 1.807) is 44.2 Å². The van der Waals surface area contributed by atoms with Crippen molar-refractivity contribution >= 4 is 59.1 Å². The van der Waals surface area contributed by atoms with Crippen molar-refractivity contribution in [3.8, 4) is 0 Å². The van der Waals surface area contributed by atoms with Gasteiger partial charge in [-0.2, -0.15) is 0 Å². The van der Waals surface area contributed by atoms with Crippen LogP contribution >= 0.6 is 0 Å². The van der Waals surface area contributed by atoms with E-state index in [9.17, 15) is 63.3 Å². The first-order valence-corrected chi connectivity index (χ1v) is 23.2. The predicted octanol–water partition coefficient (Wildman–Crippen LogP) is -7.02. The van der Waals surface area contributed by atoms with Crippen LogP contribution in [0.4, 0.5) is 0 Å². The number of aliphatic hydroxyl groups is 3. The van der Waals surface area contributed by atoms with Crippen LogP contribution in [0.25, 0.3) is 0 Å². The first kappa shape index (κ1) is 59.8. The minimum Gasteiger partial charge on any atom is -0.394 e. The second-order valence-corrected chi connectivity index (χ2v) is 17.4. The van der Waals surface area contributed by atoms with Crippen LogP contribution < -0.4 is 70.4 Å². The third kappa shape index (κ3) is 20.0. The quantitative estimate of drug-likeness (QED) is 0.0650. The molecule has 10 amide bonds. The molecule has 1 aromatic carbocycles. The molecule has 1 fully saturated rings. The van der Waals surface area contributed by atoms with E-state index in [0.717, 1.165) is 6.92 Å². The van der Waals surface area contributed by atoms with Crippen molar-refractivity contribution in [1.29, 1.82) is 0 Å². The number of nitrogens with one attached hydrogen (secondary N) is 10. The van der Waals surface area contributed by atoms with Crippen LogP contribution in [0.1, 0.15) is 72.3 Å². The van der Waals surface area contributed by atoms with Crippen LogP contribution in [0.2, 0.25) is 0 Å². The maximum atomic E-state index is 14.2. The minimum atomic E-state index is -1.78. The standard InChI is InChI=1S/C44H73N13O13/c1-22(2)19-31-40(66)52-27(11-15-45)36(62)51-29(13-17-47)39(65)57-34(23(3)59)43(69)48-18-14-30(53-42(68)33(21-58)56-44(70)35(24(4)60)49-25(5)61)38(64)50-28(12-16-46)37(63)55-32(41(67)54-31)20-26-9-7-6-8-10-26/h6-10,22-24,27-35,58-60H,11-21,45-47H2,1-5H3,(H,48,69)(H,49,61)(H,50,64)(H,51,62)(H,52,66)(H,53,68)(H,54,67)(H,55,63)(H,56,70)(H,57,65)/t23-,24-,27+,28?,29?,30+,31?,32?,33-,34+,35+/m1/s1. The van der Waals surface area contributed by atoms with Gasteiger partial charge in [-0.1, -0.05) is 44.2 Å². The maximum Gasteiger partial charge on any atom is 0.245 e. The smallest absolute Gasteiger partial charge is 0.245 e. The zero-order valence-electron chi connectivity index (χ0n) is 40.2. The van der Waals surface area contributed by atoms with Gasteiger partial charge in [-0.3, -0.25) is 47.9 Å². The topological polar surface area (TPSA) is 430 Å². The fourth-order valence-corrected chi connectivity index (χ4v) is 7.16. The number of hydrogen-bond donors (Lipinski definition) is 16. The lowest BCUT2D eigenvalue weighted by Gasteiger charge is -2.28. The molecule has 11 atom stereocenters. The van der Waals surface area contributed by atoms with Crippen molar-refractivity contribution < 1.29 is 63.3 Å². The molecule has 1 aliphatic heterocycles. The highest BCUT2D eigenvalue weighted by Gasteiger charge is 2.36. The number of amides is 10. The van der Waals surface area contributed by atoms with Crippen molar-refractivity contribution in [2.75, 3.05) is 32.8 Å². The molecule has 0 radical (unpaired) electrons. The fourth-order valence-electron chi connectivity index (χ4n) is 7.16. The highest BCUT2D eigenvalue weighted by molar-refractivity contribution is 5.98. The summed E-state index contributed by atoms with van der Waals surface area (Å²) >= 11 is 0. The van der Waals surface area contributed by atoms with Crippen molar-refractivity contribution in [2.45, 2.75) is 140 Å². The van der Waals surface area contributed by atoms with Gasteiger partial charge in [-0.05, 0) is 77.1 Å². The van der Waals surface area contributed by atoms with Gasteiger partial charge in [0, 0.05) is 19.9 Å². The molecule has 26 heteroatoms. The van der Waals surface area contributed by atoms with Crippen LogP contribution in [0.3, 0.4) is 0 Å². The van der Waals surface area contributed by atoms with Crippen LogP contribution in [0.15, 0.2) is 30.3 Å². The fraction of sp³-hybridized carbons (Fsp3) is 0.636. The number of benzene rings is 1. The highest BCUT2D eigenvalue weighted by atomic mass is 16.3. The molecule has 19 N–H and O–H groups in total. The molecule has 70 heavy (non-hydrogen) atoms. The molecule has 392 valence electrons. The number of nitrogens with two attached hydrogens (primary N) is 3. The van der Waals surface area contributed by atoms with E-state index in [2.05, 4.69) is 53.2 Å². The van der Waals surface area contributed by atoms with Gasteiger partial charge in [0.05, 0.1) is 18.8 Å². The molecule has 0 aliphatic carbocycles. The molecule has 1 aromatic rings. The van der Waals surface area contributed by atoms with Gasteiger partial charge in [-0.15, -0.1) is 0 Å². The summed E-state index contributed by atoms with van der Waals surface area (Å²) in [6, 6.07) is -5.08. The lowest BCUT2D eigenvalue weighted by molar-refractivity contribution is -0.136. The molecular weight excluding hydrogens is 919 g/mol. The third-order valence-corrected chi connectivity index (χ3v) is 10.9. The van der Waals surface area contributed by atoms with Gasteiger partial charge in [0.1, 0.15) is 54.4 Å². The van der Waals surface area contributed by atoms with E-state index in [1.165, 1.54) is 13.8 Å². The largest absolute Gasteiger partial charge is 0.394 e. The van der Waals surface area contributed by atoms with Gasteiger partial charge in [0.15, 0.2) is 0 Å². The molecule has 1 saturated heterocycles. The van der Waals surface area contributed by atoms with Gasteiger partial charge in [0.2, 0.25) is 59.1 Å². The van der Waals surface area contributed by atoms with E-state index >= 15 is 0 Å². The molecule has 1 aliphatic rings. The Hall–Kier alpha value is -6.32. The summed E-state index contributed by atoms with van der Waals surface area (Å²) in [5.74, 6) is -9.53. The number of hydrogen-bond acceptors (Lipinski definition) is 16. The van der Waals surface area contributed by atoms with Crippen molar-refractivity contribution in [3.05, 3.63) is 35.9 Å². The molecule has 0 spiro atoms. The molecule has 0 bridgehead atoms. The maximum absolute atomic E-state index is 14.2. The average Bonchev–Trinajstić information content (AvgIpc) is 3.29. The Morgan fingerprint density at radius 2 is 1.11 bits per heavy atom. The molecule has 2 rings (SSSR count). The summed E-state index contributed by atoms with van der Waals surface area (Å²) in [4.78, 5) is 136. The number of aliphatic hydroxyl groups excluding tert-OH is 3. The van der Waals surface area contributed by atoms with E-state index in [-0.39, 0.29) is 57.7 Å². The monoisotopic (exact) mass is 992 g/mol. The Morgan fingerprint density at radius 1 is 0.643 bits per heavy atom. The lowest BCUT2D eigenvalue weighted by atomic mass is 10.00. The predicted molar refractivity (Wildman–Crippen MR) is 252 cm³/mol. The second kappa shape index (κ2) is 30.3. The Bertz CT molecular complexity index is 1940. The number of carbonyl (C=O) groups excluding carboxylic acids is 10. The van der Waals surface area contributed by atoms with E-state index in [0.29, 0.717) is 5.56 Å². The normalized spacial score (nSPS) is 24.4. The van der Waals surface area contributed by atoms with E-state index in [4.69, 9.17) is 17.2 Å². The van der Waals surface area contributed by atoms with Crippen molar-refractivity contribution in [3.63, 3.8) is 0 Å². The Kier molecular flexibility index (Phi) is 25.9. The molecule has 26 nitrogen and oxygen atoms in total. The van der Waals surface area contributed by atoms with Crippen LogP contribution in [0.5, 0.6) is 0 Å². The number of carbonyl (C=O) groups is 10. The van der Waals surface area contributed by atoms with Crippen molar-refractivity contribution in [2.24, 2.45) is 23.1 Å². The van der Waals surface area contributed by atoms with Crippen LogP contribution in [-0.2, 0) is 54.4 Å². The van der Waals surface area contributed by atoms with E-state index in [1.807, 2.05) is 0 Å². The molecule has 4 unspecified atom stereocenters. The number of rotatable bonds is 18. The Labute approximate surface area is 406 Å². The van der Waals surface area contributed by atoms with Crippen molar-refractivity contribution in [1.82, 2.24) is 53.2 Å². The summed E-state index contributed by atoms with van der Waals surface area (Å²) in [6.07, 6.45) is -4.04. The van der Waals surface area contributed by atoms with Gasteiger partial charge in [-0.25, -0.2) is 0 Å². The summed E-state index contributed by atoms with van der Waals surface area (Å²) < 4.78 is 0. The first-order chi connectivity index (χ1) is 33.1. The summed E-state index contributed by atoms with van der Waals surface area (Å²) in [5.41, 5.74) is 18.1. The molecule has 0 aromatic heterocycles. The van der Waals surface area contributed by atoms with Gasteiger partial charge in [0.25, 0.3) is 0 Å². The zero-order valence-corrected chi connectivity index (χ0v) is 40.2. The molecular formula is C44H73N13O13.